The van der Waals surface area contributed by atoms with Crippen molar-refractivity contribution in [3.8, 4) is 0 Å². The summed E-state index contributed by atoms with van der Waals surface area (Å²) in [5.41, 5.74) is 1.20. The van der Waals surface area contributed by atoms with Gasteiger partial charge in [0.2, 0.25) is 0 Å². The summed E-state index contributed by atoms with van der Waals surface area (Å²) >= 11 is 1.82. The molecule has 1 N–H and O–H groups in total. The normalized spacial score (nSPS) is 11.1. The lowest BCUT2D eigenvalue weighted by molar-refractivity contribution is 0.555. The molecule has 0 aliphatic heterocycles. The van der Waals surface area contributed by atoms with Crippen LogP contribution >= 0.6 is 11.3 Å². The number of hydrogen-bond acceptors (Lipinski definition) is 3. The third-order valence-electron chi connectivity index (χ3n) is 3.49. The summed E-state index contributed by atoms with van der Waals surface area (Å²) in [6.07, 6.45) is 11.1. The monoisotopic (exact) mass is 282 g/mol. The third kappa shape index (κ3) is 7.68. The van der Waals surface area contributed by atoms with Gasteiger partial charge in [0.15, 0.2) is 0 Å². The second-order valence-corrected chi connectivity index (χ2v) is 6.68. The smallest absolute Gasteiger partial charge is 0.0900 e. The molecule has 1 heterocycles. The molecule has 1 rings (SSSR count). The molecule has 19 heavy (non-hydrogen) atoms. The largest absolute Gasteiger partial charge is 0.312 e. The van der Waals surface area contributed by atoms with E-state index in [1.54, 1.807) is 0 Å². The molecule has 0 radical (unpaired) electrons. The molecule has 1 aromatic heterocycles. The number of rotatable bonds is 11. The summed E-state index contributed by atoms with van der Waals surface area (Å²) in [7, 11) is 0. The van der Waals surface area contributed by atoms with Crippen LogP contribution in [0.3, 0.4) is 0 Å². The van der Waals surface area contributed by atoms with E-state index in [-0.39, 0.29) is 0 Å². The number of aryl methyl sites for hydroxylation is 2. The first-order chi connectivity index (χ1) is 9.24. The molecule has 0 aliphatic carbocycles. The minimum Gasteiger partial charge on any atom is -0.312 e. The summed E-state index contributed by atoms with van der Waals surface area (Å²) in [6, 6.07) is 0. The Kier molecular flexibility index (Phi) is 9.10. The van der Waals surface area contributed by atoms with Gasteiger partial charge in [-0.2, -0.15) is 0 Å². The zero-order valence-corrected chi connectivity index (χ0v) is 13.7. The van der Waals surface area contributed by atoms with Gasteiger partial charge in [-0.1, -0.05) is 51.9 Å². The minimum atomic E-state index is 0.994. The van der Waals surface area contributed by atoms with Crippen LogP contribution < -0.4 is 5.32 Å². The summed E-state index contributed by atoms with van der Waals surface area (Å²) < 4.78 is 0. The second kappa shape index (κ2) is 10.4. The first-order valence-corrected chi connectivity index (χ1v) is 8.69. The number of aromatic nitrogens is 1. The van der Waals surface area contributed by atoms with Crippen LogP contribution in [0.1, 0.15) is 73.9 Å². The van der Waals surface area contributed by atoms with Gasteiger partial charge in [0.25, 0.3) is 0 Å². The number of hydrogen-bond donors (Lipinski definition) is 1. The topological polar surface area (TPSA) is 24.9 Å². The van der Waals surface area contributed by atoms with Crippen molar-refractivity contribution in [2.24, 2.45) is 0 Å². The molecule has 0 unspecified atom stereocenters. The van der Waals surface area contributed by atoms with Crippen molar-refractivity contribution in [1.82, 2.24) is 10.3 Å². The Labute approximate surface area is 123 Å². The van der Waals surface area contributed by atoms with E-state index in [0.29, 0.717) is 0 Å². The fraction of sp³-hybridized carbons (Fsp3) is 0.812. The molecule has 0 fully saturated rings. The van der Waals surface area contributed by atoms with Gasteiger partial charge in [0, 0.05) is 11.4 Å². The highest BCUT2D eigenvalue weighted by atomic mass is 32.1. The van der Waals surface area contributed by atoms with Crippen LogP contribution in [0.4, 0.5) is 0 Å². The van der Waals surface area contributed by atoms with Crippen molar-refractivity contribution >= 4 is 11.3 Å². The molecule has 0 saturated carbocycles. The molecule has 1 aromatic rings. The Morgan fingerprint density at radius 3 is 2.16 bits per heavy atom. The van der Waals surface area contributed by atoms with Crippen LogP contribution in [-0.2, 0) is 6.54 Å². The van der Waals surface area contributed by atoms with E-state index in [4.69, 9.17) is 0 Å². The summed E-state index contributed by atoms with van der Waals surface area (Å²) in [4.78, 5) is 5.85. The van der Waals surface area contributed by atoms with E-state index >= 15 is 0 Å². The van der Waals surface area contributed by atoms with Crippen molar-refractivity contribution in [3.63, 3.8) is 0 Å². The van der Waals surface area contributed by atoms with Crippen LogP contribution in [0.25, 0.3) is 0 Å². The van der Waals surface area contributed by atoms with Crippen molar-refractivity contribution < 1.29 is 0 Å². The Morgan fingerprint density at radius 2 is 1.58 bits per heavy atom. The standard InChI is InChI=1S/C16H30N2S/c1-4-5-6-7-8-9-10-11-12-17-13-16-14(2)18-15(3)19-16/h17H,4-13H2,1-3H3. The maximum atomic E-state index is 4.45. The van der Waals surface area contributed by atoms with E-state index in [1.807, 2.05) is 11.3 Å². The number of nitrogens with one attached hydrogen (secondary N) is 1. The quantitative estimate of drug-likeness (QED) is 0.578. The van der Waals surface area contributed by atoms with Gasteiger partial charge in [-0.15, -0.1) is 11.3 Å². The Bertz CT molecular complexity index is 333. The zero-order valence-electron chi connectivity index (χ0n) is 12.9. The average Bonchev–Trinajstić information content (AvgIpc) is 2.70. The third-order valence-corrected chi connectivity index (χ3v) is 4.57. The van der Waals surface area contributed by atoms with E-state index in [0.717, 1.165) is 13.1 Å². The van der Waals surface area contributed by atoms with Gasteiger partial charge in [-0.25, -0.2) is 4.98 Å². The summed E-state index contributed by atoms with van der Waals surface area (Å²) in [6.45, 7) is 8.60. The molecule has 0 amide bonds. The molecule has 3 heteroatoms. The lowest BCUT2D eigenvalue weighted by Gasteiger charge is -2.04. The Hall–Kier alpha value is -0.410. The van der Waals surface area contributed by atoms with Gasteiger partial charge in [-0.3, -0.25) is 0 Å². The Balaban J connectivity index is 1.90. The highest BCUT2D eigenvalue weighted by molar-refractivity contribution is 7.11. The van der Waals surface area contributed by atoms with Gasteiger partial charge >= 0.3 is 0 Å². The number of nitrogens with zero attached hydrogens (tertiary/aromatic N) is 1. The molecular formula is C16H30N2S. The molecule has 0 spiro atoms. The summed E-state index contributed by atoms with van der Waals surface area (Å²) in [5.74, 6) is 0. The second-order valence-electron chi connectivity index (χ2n) is 5.39. The van der Waals surface area contributed by atoms with Crippen LogP contribution in [0.2, 0.25) is 0 Å². The fourth-order valence-corrected chi connectivity index (χ4v) is 3.23. The maximum Gasteiger partial charge on any atom is 0.0900 e. The van der Waals surface area contributed by atoms with Gasteiger partial charge in [0.05, 0.1) is 10.7 Å². The van der Waals surface area contributed by atoms with Gasteiger partial charge < -0.3 is 5.32 Å². The number of unbranched alkanes of at least 4 members (excludes halogenated alkanes) is 7. The van der Waals surface area contributed by atoms with Crippen molar-refractivity contribution in [2.75, 3.05) is 6.54 Å². The number of thiazole rings is 1. The predicted molar refractivity (Wildman–Crippen MR) is 85.9 cm³/mol. The van der Waals surface area contributed by atoms with Crippen LogP contribution in [0.15, 0.2) is 0 Å². The molecule has 0 atom stereocenters. The summed E-state index contributed by atoms with van der Waals surface area (Å²) in [5, 5.41) is 4.72. The fourth-order valence-electron chi connectivity index (χ4n) is 2.32. The van der Waals surface area contributed by atoms with E-state index in [1.165, 1.54) is 66.9 Å². The molecular weight excluding hydrogens is 252 g/mol. The van der Waals surface area contributed by atoms with Gasteiger partial charge in [0.1, 0.15) is 0 Å². The maximum absolute atomic E-state index is 4.45. The van der Waals surface area contributed by atoms with Crippen molar-refractivity contribution in [3.05, 3.63) is 15.6 Å². The lowest BCUT2D eigenvalue weighted by Crippen LogP contribution is -2.14. The van der Waals surface area contributed by atoms with E-state index in [2.05, 4.69) is 31.1 Å². The molecule has 2 nitrogen and oxygen atoms in total. The van der Waals surface area contributed by atoms with Gasteiger partial charge in [-0.05, 0) is 26.8 Å². The minimum absolute atomic E-state index is 0.994. The van der Waals surface area contributed by atoms with E-state index in [9.17, 15) is 0 Å². The first-order valence-electron chi connectivity index (χ1n) is 7.87. The zero-order chi connectivity index (χ0) is 13.9. The molecule has 0 bridgehead atoms. The highest BCUT2D eigenvalue weighted by Gasteiger charge is 2.03. The van der Waals surface area contributed by atoms with Crippen LogP contribution in [0, 0.1) is 13.8 Å². The molecule has 0 aliphatic rings. The van der Waals surface area contributed by atoms with Crippen LogP contribution in [-0.4, -0.2) is 11.5 Å². The lowest BCUT2D eigenvalue weighted by atomic mass is 10.1. The molecule has 0 aromatic carbocycles. The molecule has 0 saturated heterocycles. The predicted octanol–water partition coefficient (Wildman–Crippen LogP) is 4.99. The van der Waals surface area contributed by atoms with Crippen LogP contribution in [0.5, 0.6) is 0 Å². The Morgan fingerprint density at radius 1 is 0.947 bits per heavy atom. The first kappa shape index (κ1) is 16.6. The highest BCUT2D eigenvalue weighted by Crippen LogP contribution is 2.16. The average molecular weight is 282 g/mol. The molecule has 110 valence electrons. The van der Waals surface area contributed by atoms with E-state index < -0.39 is 0 Å². The SMILES string of the molecule is CCCCCCCCCCNCc1sc(C)nc1C. The van der Waals surface area contributed by atoms with Crippen molar-refractivity contribution in [1.29, 1.82) is 0 Å². The van der Waals surface area contributed by atoms with Crippen molar-refractivity contribution in [2.45, 2.75) is 78.7 Å².